The molecule has 0 bridgehead atoms. The lowest BCUT2D eigenvalue weighted by atomic mass is 10.2. The molecule has 0 aliphatic heterocycles. The van der Waals surface area contributed by atoms with Gasteiger partial charge >= 0.3 is 0 Å². The van der Waals surface area contributed by atoms with E-state index in [-0.39, 0.29) is 0 Å². The van der Waals surface area contributed by atoms with Crippen LogP contribution in [-0.2, 0) is 0 Å². The summed E-state index contributed by atoms with van der Waals surface area (Å²) < 4.78 is 1.72. The summed E-state index contributed by atoms with van der Waals surface area (Å²) in [6, 6.07) is 15.6. The van der Waals surface area contributed by atoms with Gasteiger partial charge in [0, 0.05) is 10.6 Å². The monoisotopic (exact) mass is 283 g/mol. The van der Waals surface area contributed by atoms with Crippen LogP contribution in [-0.4, -0.2) is 20.2 Å². The molecule has 0 saturated carbocycles. The quantitative estimate of drug-likeness (QED) is 0.748. The van der Waals surface area contributed by atoms with Crippen LogP contribution in [0.15, 0.2) is 58.6 Å². The number of tetrazole rings is 1. The predicted molar refractivity (Wildman–Crippen MR) is 78.9 cm³/mol. The summed E-state index contributed by atoms with van der Waals surface area (Å²) in [5.41, 5.74) is 8.64. The number of aromatic nitrogens is 4. The van der Waals surface area contributed by atoms with Crippen molar-refractivity contribution in [1.29, 1.82) is 0 Å². The van der Waals surface area contributed by atoms with Crippen LogP contribution >= 0.6 is 11.8 Å². The van der Waals surface area contributed by atoms with Gasteiger partial charge in [0.05, 0.1) is 5.69 Å². The molecule has 0 aliphatic rings. The fourth-order valence-corrected chi connectivity index (χ4v) is 2.73. The molecule has 0 spiro atoms. The lowest BCUT2D eigenvalue weighted by molar-refractivity contribution is 0.756. The standard InChI is InChI=1S/C14H13N5S/c1-10-7-8-11(15)9-13(10)20-14-16-17-18-19(14)12-5-3-2-4-6-12/h2-9H,15H2,1H3. The van der Waals surface area contributed by atoms with Crippen molar-refractivity contribution >= 4 is 17.4 Å². The highest BCUT2D eigenvalue weighted by Gasteiger charge is 2.11. The SMILES string of the molecule is Cc1ccc(N)cc1Sc1nnnn1-c1ccccc1. The van der Waals surface area contributed by atoms with Crippen LogP contribution in [0.3, 0.4) is 0 Å². The van der Waals surface area contributed by atoms with Gasteiger partial charge in [0.15, 0.2) is 0 Å². The van der Waals surface area contributed by atoms with Crippen molar-refractivity contribution in [1.82, 2.24) is 20.2 Å². The summed E-state index contributed by atoms with van der Waals surface area (Å²) in [6.07, 6.45) is 0. The van der Waals surface area contributed by atoms with Gasteiger partial charge in [-0.3, -0.25) is 0 Å². The average molecular weight is 283 g/mol. The molecule has 2 aromatic carbocycles. The van der Waals surface area contributed by atoms with Gasteiger partial charge < -0.3 is 5.73 Å². The smallest absolute Gasteiger partial charge is 0.218 e. The molecule has 0 saturated heterocycles. The number of hydrogen-bond acceptors (Lipinski definition) is 5. The third-order valence-electron chi connectivity index (χ3n) is 2.86. The van der Waals surface area contributed by atoms with Gasteiger partial charge in [0.25, 0.3) is 0 Å². The largest absolute Gasteiger partial charge is 0.399 e. The van der Waals surface area contributed by atoms with Gasteiger partial charge in [-0.15, -0.1) is 5.10 Å². The highest BCUT2D eigenvalue weighted by Crippen LogP contribution is 2.30. The van der Waals surface area contributed by atoms with Crippen molar-refractivity contribution in [2.24, 2.45) is 0 Å². The second-order valence-corrected chi connectivity index (χ2v) is 5.34. The minimum absolute atomic E-state index is 0.713. The van der Waals surface area contributed by atoms with E-state index in [2.05, 4.69) is 15.5 Å². The van der Waals surface area contributed by atoms with Gasteiger partial charge in [-0.25, -0.2) is 0 Å². The van der Waals surface area contributed by atoms with E-state index in [0.29, 0.717) is 5.16 Å². The Kier molecular flexibility index (Phi) is 3.39. The summed E-state index contributed by atoms with van der Waals surface area (Å²) in [4.78, 5) is 1.05. The first-order chi connectivity index (χ1) is 9.74. The van der Waals surface area contributed by atoms with Crippen molar-refractivity contribution in [3.8, 4) is 5.69 Å². The number of rotatable bonds is 3. The second-order valence-electron chi connectivity index (χ2n) is 4.34. The third-order valence-corrected chi connectivity index (χ3v) is 3.95. The van der Waals surface area contributed by atoms with Gasteiger partial charge in [0.1, 0.15) is 0 Å². The molecule has 0 radical (unpaired) electrons. The number of aryl methyl sites for hydroxylation is 1. The zero-order chi connectivity index (χ0) is 13.9. The number of para-hydroxylation sites is 1. The minimum atomic E-state index is 0.713. The number of nitrogens with two attached hydrogens (primary N) is 1. The van der Waals surface area contributed by atoms with E-state index >= 15 is 0 Å². The maximum Gasteiger partial charge on any atom is 0.218 e. The molecule has 3 rings (SSSR count). The first-order valence-electron chi connectivity index (χ1n) is 6.12. The molecule has 1 heterocycles. The molecule has 0 fully saturated rings. The summed E-state index contributed by atoms with van der Waals surface area (Å²) in [6.45, 7) is 2.04. The molecular weight excluding hydrogens is 270 g/mol. The summed E-state index contributed by atoms with van der Waals surface area (Å²) >= 11 is 1.50. The van der Waals surface area contributed by atoms with E-state index < -0.39 is 0 Å². The van der Waals surface area contributed by atoms with Crippen LogP contribution < -0.4 is 5.73 Å². The Hall–Kier alpha value is -2.34. The molecule has 0 atom stereocenters. The molecule has 6 heteroatoms. The van der Waals surface area contributed by atoms with Crippen LogP contribution in [0.2, 0.25) is 0 Å². The van der Waals surface area contributed by atoms with Crippen LogP contribution in [0.5, 0.6) is 0 Å². The third kappa shape index (κ3) is 2.50. The fraction of sp³-hybridized carbons (Fsp3) is 0.0714. The van der Waals surface area contributed by atoms with Gasteiger partial charge in [-0.1, -0.05) is 24.3 Å². The van der Waals surface area contributed by atoms with Crippen LogP contribution in [0.25, 0.3) is 5.69 Å². The number of nitrogen functional groups attached to an aromatic ring is 1. The highest BCUT2D eigenvalue weighted by molar-refractivity contribution is 7.99. The summed E-state index contributed by atoms with van der Waals surface area (Å²) in [5.74, 6) is 0. The molecular formula is C14H13N5S. The Labute approximate surface area is 120 Å². The molecule has 1 aromatic heterocycles. The first-order valence-corrected chi connectivity index (χ1v) is 6.93. The molecule has 2 N–H and O–H groups in total. The van der Waals surface area contributed by atoms with Gasteiger partial charge in [-0.2, -0.15) is 4.68 Å². The lowest BCUT2D eigenvalue weighted by Crippen LogP contribution is -1.98. The maximum absolute atomic E-state index is 5.83. The summed E-state index contributed by atoms with van der Waals surface area (Å²) in [5, 5.41) is 12.6. The van der Waals surface area contributed by atoms with E-state index in [1.165, 1.54) is 11.8 Å². The predicted octanol–water partition coefficient (Wildman–Crippen LogP) is 2.70. The number of nitrogens with zero attached hydrogens (tertiary/aromatic N) is 4. The first kappa shape index (κ1) is 12.7. The lowest BCUT2D eigenvalue weighted by Gasteiger charge is -2.07. The van der Waals surface area contributed by atoms with Crippen LogP contribution in [0.4, 0.5) is 5.69 Å². The van der Waals surface area contributed by atoms with Crippen molar-refractivity contribution in [2.75, 3.05) is 5.73 Å². The normalized spacial score (nSPS) is 10.7. The van der Waals surface area contributed by atoms with Crippen LogP contribution in [0.1, 0.15) is 5.56 Å². The zero-order valence-corrected chi connectivity index (χ0v) is 11.7. The summed E-state index contributed by atoms with van der Waals surface area (Å²) in [7, 11) is 0. The van der Waals surface area contributed by atoms with E-state index in [0.717, 1.165) is 21.8 Å². The van der Waals surface area contributed by atoms with E-state index in [1.807, 2.05) is 55.5 Å². The second kappa shape index (κ2) is 5.34. The number of anilines is 1. The molecule has 5 nitrogen and oxygen atoms in total. The van der Waals surface area contributed by atoms with Crippen LogP contribution in [0, 0.1) is 6.92 Å². The molecule has 3 aromatic rings. The van der Waals surface area contributed by atoms with Crippen molar-refractivity contribution in [3.63, 3.8) is 0 Å². The Morgan fingerprint density at radius 3 is 2.70 bits per heavy atom. The van der Waals surface area contributed by atoms with Crippen molar-refractivity contribution in [3.05, 3.63) is 54.1 Å². The van der Waals surface area contributed by atoms with E-state index in [9.17, 15) is 0 Å². The van der Waals surface area contributed by atoms with Gasteiger partial charge in [-0.05, 0) is 58.9 Å². The minimum Gasteiger partial charge on any atom is -0.399 e. The molecule has 0 amide bonds. The zero-order valence-electron chi connectivity index (χ0n) is 10.9. The van der Waals surface area contributed by atoms with Gasteiger partial charge in [0.2, 0.25) is 5.16 Å². The maximum atomic E-state index is 5.83. The molecule has 100 valence electrons. The topological polar surface area (TPSA) is 69.6 Å². The van der Waals surface area contributed by atoms with E-state index in [1.54, 1.807) is 4.68 Å². The Bertz CT molecular complexity index is 723. The molecule has 0 aliphatic carbocycles. The fourth-order valence-electron chi connectivity index (χ4n) is 1.80. The van der Waals surface area contributed by atoms with Crippen molar-refractivity contribution in [2.45, 2.75) is 17.0 Å². The Morgan fingerprint density at radius 1 is 1.10 bits per heavy atom. The highest BCUT2D eigenvalue weighted by atomic mass is 32.2. The molecule has 20 heavy (non-hydrogen) atoms. The molecule has 0 unspecified atom stereocenters. The Balaban J connectivity index is 1.97. The number of benzene rings is 2. The Morgan fingerprint density at radius 2 is 1.90 bits per heavy atom. The average Bonchev–Trinajstić information content (AvgIpc) is 2.92. The van der Waals surface area contributed by atoms with E-state index in [4.69, 9.17) is 5.73 Å². The van der Waals surface area contributed by atoms with Crippen molar-refractivity contribution < 1.29 is 0 Å². The number of hydrogen-bond donors (Lipinski definition) is 1.